The summed E-state index contributed by atoms with van der Waals surface area (Å²) in [6.07, 6.45) is 1.10. The fraction of sp³-hybridized carbons (Fsp3) is 0.333. The lowest BCUT2D eigenvalue weighted by Crippen LogP contribution is -2.24. The van der Waals surface area contributed by atoms with E-state index in [-0.39, 0.29) is 0 Å². The van der Waals surface area contributed by atoms with Crippen molar-refractivity contribution in [2.45, 2.75) is 39.5 Å². The molecule has 2 aromatic carbocycles. The molecule has 0 aliphatic carbocycles. The summed E-state index contributed by atoms with van der Waals surface area (Å²) in [5.41, 5.74) is 2.13. The highest BCUT2D eigenvalue weighted by molar-refractivity contribution is 9.10. The Morgan fingerprint density at radius 1 is 1.18 bits per heavy atom. The third kappa shape index (κ3) is 5.01. The van der Waals surface area contributed by atoms with Gasteiger partial charge in [-0.2, -0.15) is 0 Å². The summed E-state index contributed by atoms with van der Waals surface area (Å²) < 4.78 is 7.03. The lowest BCUT2D eigenvalue weighted by atomic mass is 10.1. The smallest absolute Gasteiger partial charge is 0.124 e. The Morgan fingerprint density at radius 2 is 1.95 bits per heavy atom. The number of rotatable bonds is 7. The van der Waals surface area contributed by atoms with Crippen LogP contribution in [-0.2, 0) is 13.2 Å². The van der Waals surface area contributed by atoms with Crippen LogP contribution in [0.2, 0.25) is 5.02 Å². The summed E-state index contributed by atoms with van der Waals surface area (Å²) in [7, 11) is 0. The highest BCUT2D eigenvalue weighted by Crippen LogP contribution is 2.25. The highest BCUT2D eigenvalue weighted by atomic mass is 79.9. The molecule has 4 heteroatoms. The maximum absolute atomic E-state index is 6.18. The molecule has 2 aromatic rings. The Kier molecular flexibility index (Phi) is 6.74. The number of ether oxygens (including phenoxy) is 1. The second kappa shape index (κ2) is 8.56. The highest BCUT2D eigenvalue weighted by Gasteiger charge is 2.08. The normalized spacial score (nSPS) is 12.2. The standard InChI is InChI=1S/C18H21BrClNO/c1-3-13(2)21-11-15-10-16(19)8-9-18(15)22-12-14-6-4-5-7-17(14)20/h4-10,13,21H,3,11-12H2,1-2H3/t13-/m0/s1. The summed E-state index contributed by atoms with van der Waals surface area (Å²) in [5.74, 6) is 0.888. The number of hydrogen-bond acceptors (Lipinski definition) is 2. The molecule has 0 bridgehead atoms. The molecule has 0 saturated heterocycles. The fourth-order valence-electron chi connectivity index (χ4n) is 2.03. The van der Waals surface area contributed by atoms with E-state index in [2.05, 4.69) is 41.2 Å². The number of halogens is 2. The van der Waals surface area contributed by atoms with Gasteiger partial charge in [0, 0.05) is 33.2 Å². The van der Waals surface area contributed by atoms with Crippen molar-refractivity contribution in [3.8, 4) is 5.75 Å². The second-order valence-electron chi connectivity index (χ2n) is 5.32. The van der Waals surface area contributed by atoms with E-state index in [9.17, 15) is 0 Å². The third-order valence-electron chi connectivity index (χ3n) is 3.62. The number of nitrogens with one attached hydrogen (secondary N) is 1. The van der Waals surface area contributed by atoms with Crippen molar-refractivity contribution in [2.24, 2.45) is 0 Å². The zero-order valence-electron chi connectivity index (χ0n) is 12.9. The monoisotopic (exact) mass is 381 g/mol. The lowest BCUT2D eigenvalue weighted by molar-refractivity contribution is 0.301. The van der Waals surface area contributed by atoms with Crippen LogP contribution in [0.5, 0.6) is 5.75 Å². The summed E-state index contributed by atoms with van der Waals surface area (Å²) in [4.78, 5) is 0. The van der Waals surface area contributed by atoms with Gasteiger partial charge in [0.2, 0.25) is 0 Å². The predicted octanol–water partition coefficient (Wildman–Crippen LogP) is 5.57. The number of hydrogen-bond donors (Lipinski definition) is 1. The molecule has 1 atom stereocenters. The van der Waals surface area contributed by atoms with Crippen molar-refractivity contribution in [1.82, 2.24) is 5.32 Å². The molecule has 0 unspecified atom stereocenters. The molecule has 118 valence electrons. The van der Waals surface area contributed by atoms with Crippen LogP contribution in [0.1, 0.15) is 31.4 Å². The summed E-state index contributed by atoms with van der Waals surface area (Å²) >= 11 is 9.70. The molecule has 1 N–H and O–H groups in total. The van der Waals surface area contributed by atoms with Crippen LogP contribution in [0.4, 0.5) is 0 Å². The minimum Gasteiger partial charge on any atom is -0.489 e. The van der Waals surface area contributed by atoms with E-state index < -0.39 is 0 Å². The second-order valence-corrected chi connectivity index (χ2v) is 6.65. The van der Waals surface area contributed by atoms with Gasteiger partial charge in [0.25, 0.3) is 0 Å². The Morgan fingerprint density at radius 3 is 2.68 bits per heavy atom. The summed E-state index contributed by atoms with van der Waals surface area (Å²) in [6, 6.07) is 14.3. The van der Waals surface area contributed by atoms with Crippen LogP contribution in [0.3, 0.4) is 0 Å². The minimum atomic E-state index is 0.470. The van der Waals surface area contributed by atoms with Gasteiger partial charge >= 0.3 is 0 Å². The molecule has 0 spiro atoms. The Hall–Kier alpha value is -1.03. The van der Waals surface area contributed by atoms with Crippen molar-refractivity contribution in [3.05, 3.63) is 63.1 Å². The fourth-order valence-corrected chi connectivity index (χ4v) is 2.63. The van der Waals surface area contributed by atoms with Gasteiger partial charge in [0.15, 0.2) is 0 Å². The molecule has 0 heterocycles. The Balaban J connectivity index is 2.08. The Bertz CT molecular complexity index is 618. The zero-order chi connectivity index (χ0) is 15.9. The van der Waals surface area contributed by atoms with Crippen molar-refractivity contribution in [3.63, 3.8) is 0 Å². The van der Waals surface area contributed by atoms with Gasteiger partial charge in [0.1, 0.15) is 12.4 Å². The van der Waals surface area contributed by atoms with Gasteiger partial charge in [-0.25, -0.2) is 0 Å². The molecular weight excluding hydrogens is 362 g/mol. The van der Waals surface area contributed by atoms with E-state index in [4.69, 9.17) is 16.3 Å². The van der Waals surface area contributed by atoms with Crippen molar-refractivity contribution in [1.29, 1.82) is 0 Å². The van der Waals surface area contributed by atoms with Crippen LogP contribution in [0.15, 0.2) is 46.9 Å². The van der Waals surface area contributed by atoms with Crippen molar-refractivity contribution < 1.29 is 4.74 Å². The SMILES string of the molecule is CC[C@H](C)NCc1cc(Br)ccc1OCc1ccccc1Cl. The van der Waals surface area contributed by atoms with Crippen LogP contribution in [0, 0.1) is 0 Å². The van der Waals surface area contributed by atoms with Gasteiger partial charge in [-0.3, -0.25) is 0 Å². The molecule has 0 aromatic heterocycles. The first-order valence-electron chi connectivity index (χ1n) is 7.48. The molecular formula is C18H21BrClNO. The lowest BCUT2D eigenvalue weighted by Gasteiger charge is -2.16. The Labute approximate surface area is 146 Å². The van der Waals surface area contributed by atoms with E-state index in [1.54, 1.807) is 0 Å². The first kappa shape index (κ1) is 17.3. The van der Waals surface area contributed by atoms with Crippen LogP contribution in [0.25, 0.3) is 0 Å². The zero-order valence-corrected chi connectivity index (χ0v) is 15.2. The first-order valence-corrected chi connectivity index (χ1v) is 8.65. The molecule has 0 fully saturated rings. The van der Waals surface area contributed by atoms with Gasteiger partial charge in [-0.15, -0.1) is 0 Å². The van der Waals surface area contributed by atoms with E-state index in [0.717, 1.165) is 39.3 Å². The summed E-state index contributed by atoms with van der Waals surface area (Å²) in [6.45, 7) is 5.61. The topological polar surface area (TPSA) is 21.3 Å². The predicted molar refractivity (Wildman–Crippen MR) is 96.5 cm³/mol. The molecule has 0 saturated carbocycles. The third-order valence-corrected chi connectivity index (χ3v) is 4.48. The maximum Gasteiger partial charge on any atom is 0.124 e. The van der Waals surface area contributed by atoms with Crippen LogP contribution < -0.4 is 10.1 Å². The molecule has 2 nitrogen and oxygen atoms in total. The quantitative estimate of drug-likeness (QED) is 0.676. The van der Waals surface area contributed by atoms with Gasteiger partial charge in [0.05, 0.1) is 0 Å². The minimum absolute atomic E-state index is 0.470. The first-order chi connectivity index (χ1) is 10.6. The maximum atomic E-state index is 6.18. The largest absolute Gasteiger partial charge is 0.489 e. The molecule has 2 rings (SSSR count). The van der Waals surface area contributed by atoms with Crippen molar-refractivity contribution >= 4 is 27.5 Å². The summed E-state index contributed by atoms with van der Waals surface area (Å²) in [5, 5.41) is 4.23. The average Bonchev–Trinajstić information content (AvgIpc) is 2.53. The van der Waals surface area contributed by atoms with Crippen molar-refractivity contribution in [2.75, 3.05) is 0 Å². The van der Waals surface area contributed by atoms with Crippen LogP contribution in [-0.4, -0.2) is 6.04 Å². The molecule has 0 radical (unpaired) electrons. The van der Waals surface area contributed by atoms with E-state index >= 15 is 0 Å². The van der Waals surface area contributed by atoms with Gasteiger partial charge in [-0.1, -0.05) is 52.7 Å². The van der Waals surface area contributed by atoms with E-state index in [1.807, 2.05) is 36.4 Å². The molecule has 0 aliphatic rings. The van der Waals surface area contributed by atoms with Gasteiger partial charge in [-0.05, 0) is 37.6 Å². The molecule has 0 amide bonds. The van der Waals surface area contributed by atoms with Gasteiger partial charge < -0.3 is 10.1 Å². The molecule has 22 heavy (non-hydrogen) atoms. The average molecular weight is 383 g/mol. The number of benzene rings is 2. The van der Waals surface area contributed by atoms with E-state index in [0.29, 0.717) is 12.6 Å². The molecule has 0 aliphatic heterocycles. The van der Waals surface area contributed by atoms with E-state index in [1.165, 1.54) is 0 Å². The van der Waals surface area contributed by atoms with Crippen LogP contribution >= 0.6 is 27.5 Å².